The predicted octanol–water partition coefficient (Wildman–Crippen LogP) is 3.14. The molecule has 0 radical (unpaired) electrons. The van der Waals surface area contributed by atoms with Crippen LogP contribution in [0.3, 0.4) is 0 Å². The van der Waals surface area contributed by atoms with Gasteiger partial charge in [-0.05, 0) is 17.8 Å². The van der Waals surface area contributed by atoms with Crippen LogP contribution in [0.1, 0.15) is 41.0 Å². The summed E-state index contributed by atoms with van der Waals surface area (Å²) in [5.74, 6) is 1.85. The van der Waals surface area contributed by atoms with E-state index in [1.165, 1.54) is 12.2 Å². The van der Waals surface area contributed by atoms with Crippen molar-refractivity contribution < 1.29 is 0 Å². The number of nitrogens with zero attached hydrogens (tertiary/aromatic N) is 1. The van der Waals surface area contributed by atoms with Gasteiger partial charge in [-0.1, -0.05) is 46.4 Å². The highest BCUT2D eigenvalue weighted by Crippen LogP contribution is 2.27. The molecule has 0 aromatic rings. The second-order valence-electron chi connectivity index (χ2n) is 5.74. The van der Waals surface area contributed by atoms with Crippen molar-refractivity contribution in [1.29, 1.82) is 0 Å². The zero-order valence-corrected chi connectivity index (χ0v) is 11.4. The summed E-state index contributed by atoms with van der Waals surface area (Å²) in [4.78, 5) is 4.61. The quantitative estimate of drug-likeness (QED) is 0.785. The van der Waals surface area contributed by atoms with Gasteiger partial charge in [0.25, 0.3) is 0 Å². The van der Waals surface area contributed by atoms with Crippen LogP contribution >= 0.6 is 11.8 Å². The van der Waals surface area contributed by atoms with E-state index in [9.17, 15) is 0 Å². The van der Waals surface area contributed by atoms with E-state index in [0.717, 1.165) is 11.7 Å². The Labute approximate surface area is 98.3 Å². The molecule has 88 valence electrons. The summed E-state index contributed by atoms with van der Waals surface area (Å²) in [5, 5.41) is 4.71. The summed E-state index contributed by atoms with van der Waals surface area (Å²) >= 11 is 1.86. The van der Waals surface area contributed by atoms with Gasteiger partial charge < -0.3 is 5.32 Å². The van der Waals surface area contributed by atoms with Crippen LogP contribution in [0.5, 0.6) is 0 Å². The van der Waals surface area contributed by atoms with Crippen molar-refractivity contribution in [3.05, 3.63) is 0 Å². The molecule has 1 saturated heterocycles. The Morgan fingerprint density at radius 3 is 2.67 bits per heavy atom. The van der Waals surface area contributed by atoms with Gasteiger partial charge in [-0.15, -0.1) is 0 Å². The third-order valence-electron chi connectivity index (χ3n) is 2.59. The summed E-state index contributed by atoms with van der Waals surface area (Å²) in [6, 6.07) is 0.574. The van der Waals surface area contributed by atoms with Gasteiger partial charge in [-0.25, -0.2) is 0 Å². The van der Waals surface area contributed by atoms with Crippen molar-refractivity contribution >= 4 is 16.9 Å². The summed E-state index contributed by atoms with van der Waals surface area (Å²) < 4.78 is 0. The van der Waals surface area contributed by atoms with Crippen molar-refractivity contribution in [3.8, 4) is 0 Å². The lowest BCUT2D eigenvalue weighted by molar-refractivity contribution is 0.290. The molecule has 1 rings (SSSR count). The number of hydrogen-bond acceptors (Lipinski definition) is 2. The number of amidine groups is 1. The van der Waals surface area contributed by atoms with Crippen LogP contribution in [-0.2, 0) is 0 Å². The van der Waals surface area contributed by atoms with Crippen molar-refractivity contribution in [1.82, 2.24) is 5.32 Å². The molecule has 0 spiro atoms. The van der Waals surface area contributed by atoms with Gasteiger partial charge in [-0.3, -0.25) is 4.99 Å². The van der Waals surface area contributed by atoms with E-state index >= 15 is 0 Å². The van der Waals surface area contributed by atoms with E-state index in [-0.39, 0.29) is 0 Å². The fourth-order valence-electron chi connectivity index (χ4n) is 1.54. The Kier molecular flexibility index (Phi) is 4.50. The first-order valence-corrected chi connectivity index (χ1v) is 6.82. The van der Waals surface area contributed by atoms with Crippen molar-refractivity contribution in [2.24, 2.45) is 16.3 Å². The molecule has 0 aliphatic carbocycles. The molecule has 1 aliphatic heterocycles. The standard InChI is InChI=1S/C12H24N2S/c1-9(2)8-13-11-14-10(6-7-15-11)12(3,4)5/h9-10H,6-8H2,1-5H3,(H,13,14). The molecule has 1 aliphatic rings. The maximum atomic E-state index is 4.61. The second kappa shape index (κ2) is 5.24. The predicted molar refractivity (Wildman–Crippen MR) is 70.6 cm³/mol. The fraction of sp³-hybridized carbons (Fsp3) is 0.917. The SMILES string of the molecule is CC(C)CN=C1NC(C(C)(C)C)CCS1. The average Bonchev–Trinajstić information content (AvgIpc) is 2.14. The zero-order valence-electron chi connectivity index (χ0n) is 10.6. The van der Waals surface area contributed by atoms with Crippen LogP contribution in [0, 0.1) is 11.3 Å². The minimum Gasteiger partial charge on any atom is -0.362 e. The number of thioether (sulfide) groups is 1. The van der Waals surface area contributed by atoms with E-state index in [4.69, 9.17) is 0 Å². The monoisotopic (exact) mass is 228 g/mol. The van der Waals surface area contributed by atoms with E-state index in [0.29, 0.717) is 17.4 Å². The van der Waals surface area contributed by atoms with Crippen LogP contribution in [0.4, 0.5) is 0 Å². The van der Waals surface area contributed by atoms with Gasteiger partial charge in [0, 0.05) is 18.3 Å². The third-order valence-corrected chi connectivity index (χ3v) is 3.55. The number of rotatable bonds is 2. The molecular formula is C12H24N2S. The molecular weight excluding hydrogens is 204 g/mol. The van der Waals surface area contributed by atoms with Crippen LogP contribution in [0.15, 0.2) is 4.99 Å². The summed E-state index contributed by atoms with van der Waals surface area (Å²) in [6.45, 7) is 12.2. The lowest BCUT2D eigenvalue weighted by Gasteiger charge is -2.35. The molecule has 0 amide bonds. The summed E-state index contributed by atoms with van der Waals surface area (Å²) in [7, 11) is 0. The summed E-state index contributed by atoms with van der Waals surface area (Å²) in [5.41, 5.74) is 0.333. The maximum Gasteiger partial charge on any atom is 0.156 e. The van der Waals surface area contributed by atoms with E-state index in [1.54, 1.807) is 0 Å². The lowest BCUT2D eigenvalue weighted by atomic mass is 9.85. The van der Waals surface area contributed by atoms with Gasteiger partial charge in [0.1, 0.15) is 0 Å². The molecule has 1 unspecified atom stereocenters. The molecule has 0 bridgehead atoms. The van der Waals surface area contributed by atoms with Gasteiger partial charge >= 0.3 is 0 Å². The third kappa shape index (κ3) is 4.45. The van der Waals surface area contributed by atoms with Gasteiger partial charge in [0.2, 0.25) is 0 Å². The molecule has 0 aromatic carbocycles. The largest absolute Gasteiger partial charge is 0.362 e. The normalized spacial score (nSPS) is 25.7. The maximum absolute atomic E-state index is 4.61. The van der Waals surface area contributed by atoms with Crippen LogP contribution in [-0.4, -0.2) is 23.5 Å². The van der Waals surface area contributed by atoms with Crippen LogP contribution < -0.4 is 5.32 Å². The van der Waals surface area contributed by atoms with Crippen molar-refractivity contribution in [2.45, 2.75) is 47.1 Å². The van der Waals surface area contributed by atoms with Gasteiger partial charge in [0.15, 0.2) is 5.17 Å². The number of hydrogen-bond donors (Lipinski definition) is 1. The molecule has 0 saturated carbocycles. The molecule has 1 N–H and O–H groups in total. The number of nitrogens with one attached hydrogen (secondary N) is 1. The number of aliphatic imine (C=N–C) groups is 1. The minimum absolute atomic E-state index is 0.333. The van der Waals surface area contributed by atoms with E-state index < -0.39 is 0 Å². The highest BCUT2D eigenvalue weighted by molar-refractivity contribution is 8.13. The van der Waals surface area contributed by atoms with Gasteiger partial charge in [-0.2, -0.15) is 0 Å². The fourth-order valence-corrected chi connectivity index (χ4v) is 2.48. The minimum atomic E-state index is 0.333. The van der Waals surface area contributed by atoms with Crippen LogP contribution in [0.2, 0.25) is 0 Å². The molecule has 1 atom stereocenters. The van der Waals surface area contributed by atoms with Crippen molar-refractivity contribution in [2.75, 3.05) is 12.3 Å². The molecule has 1 fully saturated rings. The Balaban J connectivity index is 2.52. The first-order valence-electron chi connectivity index (χ1n) is 5.83. The Bertz CT molecular complexity index is 228. The van der Waals surface area contributed by atoms with Gasteiger partial charge in [0.05, 0.1) is 0 Å². The lowest BCUT2D eigenvalue weighted by Crippen LogP contribution is -2.46. The summed E-state index contributed by atoms with van der Waals surface area (Å²) in [6.07, 6.45) is 1.24. The van der Waals surface area contributed by atoms with E-state index in [1.807, 2.05) is 11.8 Å². The molecule has 15 heavy (non-hydrogen) atoms. The molecule has 2 nitrogen and oxygen atoms in total. The topological polar surface area (TPSA) is 24.4 Å². The zero-order chi connectivity index (χ0) is 11.5. The highest BCUT2D eigenvalue weighted by Gasteiger charge is 2.28. The van der Waals surface area contributed by atoms with E-state index in [2.05, 4.69) is 44.9 Å². The second-order valence-corrected chi connectivity index (χ2v) is 6.82. The Hall–Kier alpha value is -0.180. The average molecular weight is 228 g/mol. The Morgan fingerprint density at radius 2 is 2.13 bits per heavy atom. The molecule has 0 aromatic heterocycles. The Morgan fingerprint density at radius 1 is 1.47 bits per heavy atom. The highest BCUT2D eigenvalue weighted by atomic mass is 32.2. The first kappa shape index (κ1) is 12.9. The molecule has 1 heterocycles. The van der Waals surface area contributed by atoms with Crippen molar-refractivity contribution in [3.63, 3.8) is 0 Å². The molecule has 3 heteroatoms. The van der Waals surface area contributed by atoms with Crippen LogP contribution in [0.25, 0.3) is 0 Å². The smallest absolute Gasteiger partial charge is 0.156 e. The first-order chi connectivity index (χ1) is 6.89.